The minimum Gasteiger partial charge on any atom is -0.378 e. The predicted octanol–water partition coefficient (Wildman–Crippen LogP) is 3.21. The molecule has 0 N–H and O–H groups in total. The normalized spacial score (nSPS) is 23.2. The first-order valence-electron chi connectivity index (χ1n) is 6.09. The molecule has 1 aliphatic carbocycles. The van der Waals surface area contributed by atoms with Gasteiger partial charge >= 0.3 is 0 Å². The van der Waals surface area contributed by atoms with Crippen LogP contribution >= 0.6 is 0 Å². The van der Waals surface area contributed by atoms with Gasteiger partial charge in [-0.05, 0) is 49.9 Å². The van der Waals surface area contributed by atoms with E-state index in [0.717, 1.165) is 19.4 Å². The first-order valence-corrected chi connectivity index (χ1v) is 6.09. The predicted molar refractivity (Wildman–Crippen MR) is 63.5 cm³/mol. The molecule has 1 aliphatic rings. The summed E-state index contributed by atoms with van der Waals surface area (Å²) in [5.74, 6) is 0.232. The SMILES string of the molecule is CCOC1CC(CC(=O)c2ccc(F)cc2)C1. The molecular weight excluding hydrogens is 219 g/mol. The molecule has 0 saturated heterocycles. The lowest BCUT2D eigenvalue weighted by molar-refractivity contribution is -0.0246. The van der Waals surface area contributed by atoms with E-state index in [9.17, 15) is 9.18 Å². The molecule has 92 valence electrons. The molecule has 0 atom stereocenters. The molecule has 0 unspecified atom stereocenters. The minimum atomic E-state index is -0.304. The molecule has 1 fully saturated rings. The number of carbonyl (C=O) groups is 1. The maximum Gasteiger partial charge on any atom is 0.163 e. The van der Waals surface area contributed by atoms with Crippen molar-refractivity contribution in [3.05, 3.63) is 35.6 Å². The van der Waals surface area contributed by atoms with Crippen LogP contribution < -0.4 is 0 Å². The molecule has 17 heavy (non-hydrogen) atoms. The van der Waals surface area contributed by atoms with E-state index in [1.807, 2.05) is 6.92 Å². The van der Waals surface area contributed by atoms with E-state index >= 15 is 0 Å². The van der Waals surface area contributed by atoms with Crippen molar-refractivity contribution in [2.45, 2.75) is 32.3 Å². The molecule has 0 aromatic heterocycles. The van der Waals surface area contributed by atoms with Crippen LogP contribution in [0.5, 0.6) is 0 Å². The largest absolute Gasteiger partial charge is 0.378 e. The van der Waals surface area contributed by atoms with Gasteiger partial charge in [-0.25, -0.2) is 4.39 Å². The second-order valence-corrected chi connectivity index (χ2v) is 4.55. The van der Waals surface area contributed by atoms with Crippen molar-refractivity contribution in [1.82, 2.24) is 0 Å². The van der Waals surface area contributed by atoms with Gasteiger partial charge in [-0.2, -0.15) is 0 Å². The smallest absolute Gasteiger partial charge is 0.163 e. The first-order chi connectivity index (χ1) is 8.19. The minimum absolute atomic E-state index is 0.102. The monoisotopic (exact) mass is 236 g/mol. The van der Waals surface area contributed by atoms with Crippen molar-refractivity contribution in [2.24, 2.45) is 5.92 Å². The number of rotatable bonds is 5. The van der Waals surface area contributed by atoms with Crippen molar-refractivity contribution < 1.29 is 13.9 Å². The van der Waals surface area contributed by atoms with Gasteiger partial charge in [-0.3, -0.25) is 4.79 Å². The third-order valence-corrected chi connectivity index (χ3v) is 3.24. The highest BCUT2D eigenvalue weighted by Gasteiger charge is 2.31. The van der Waals surface area contributed by atoms with Crippen LogP contribution in [0.15, 0.2) is 24.3 Å². The zero-order valence-electron chi connectivity index (χ0n) is 9.99. The Labute approximate surface area is 101 Å². The lowest BCUT2D eigenvalue weighted by Crippen LogP contribution is -2.32. The zero-order valence-corrected chi connectivity index (χ0v) is 9.99. The number of Topliss-reactive ketones (excluding diaryl/α,β-unsaturated/α-hetero) is 1. The molecule has 1 aromatic rings. The first kappa shape index (κ1) is 12.2. The second kappa shape index (κ2) is 5.41. The van der Waals surface area contributed by atoms with E-state index < -0.39 is 0 Å². The van der Waals surface area contributed by atoms with E-state index in [1.165, 1.54) is 12.1 Å². The number of ether oxygens (including phenoxy) is 1. The average Bonchev–Trinajstić information content (AvgIpc) is 2.27. The number of benzene rings is 1. The van der Waals surface area contributed by atoms with Gasteiger partial charge in [0.15, 0.2) is 5.78 Å². The molecule has 0 bridgehead atoms. The van der Waals surface area contributed by atoms with Gasteiger partial charge in [0.25, 0.3) is 0 Å². The van der Waals surface area contributed by atoms with E-state index in [-0.39, 0.29) is 11.6 Å². The summed E-state index contributed by atoms with van der Waals surface area (Å²) in [5.41, 5.74) is 0.603. The van der Waals surface area contributed by atoms with E-state index in [1.54, 1.807) is 12.1 Å². The fraction of sp³-hybridized carbons (Fsp3) is 0.500. The standard InChI is InChI=1S/C14H17FO2/c1-2-17-13-7-10(8-13)9-14(16)11-3-5-12(15)6-4-11/h3-6,10,13H,2,7-9H2,1H3. The van der Waals surface area contributed by atoms with Crippen LogP contribution in [0, 0.1) is 11.7 Å². The summed E-state index contributed by atoms with van der Waals surface area (Å²) in [7, 11) is 0. The number of hydrogen-bond donors (Lipinski definition) is 0. The summed E-state index contributed by atoms with van der Waals surface area (Å²) < 4.78 is 18.1. The summed E-state index contributed by atoms with van der Waals surface area (Å²) in [6.07, 6.45) is 2.84. The summed E-state index contributed by atoms with van der Waals surface area (Å²) in [5, 5.41) is 0. The van der Waals surface area contributed by atoms with Crippen molar-refractivity contribution in [3.8, 4) is 0 Å². The van der Waals surface area contributed by atoms with Crippen LogP contribution in [0.4, 0.5) is 4.39 Å². The van der Waals surface area contributed by atoms with Crippen molar-refractivity contribution in [3.63, 3.8) is 0 Å². The van der Waals surface area contributed by atoms with E-state index in [2.05, 4.69) is 0 Å². The van der Waals surface area contributed by atoms with Crippen molar-refractivity contribution >= 4 is 5.78 Å². The number of hydrogen-bond acceptors (Lipinski definition) is 2. The lowest BCUT2D eigenvalue weighted by atomic mass is 9.78. The summed E-state index contributed by atoms with van der Waals surface area (Å²) in [4.78, 5) is 11.9. The molecule has 0 heterocycles. The van der Waals surface area contributed by atoms with Gasteiger partial charge in [0.1, 0.15) is 5.82 Å². The van der Waals surface area contributed by atoms with Crippen LogP contribution in [0.25, 0.3) is 0 Å². The third-order valence-electron chi connectivity index (χ3n) is 3.24. The number of ketones is 1. The van der Waals surface area contributed by atoms with Crippen LogP contribution in [-0.2, 0) is 4.74 Å². The quantitative estimate of drug-likeness (QED) is 0.734. The highest BCUT2D eigenvalue weighted by molar-refractivity contribution is 5.96. The molecule has 2 nitrogen and oxygen atoms in total. The van der Waals surface area contributed by atoms with Gasteiger partial charge in [0, 0.05) is 18.6 Å². The molecular formula is C14H17FO2. The highest BCUT2D eigenvalue weighted by atomic mass is 19.1. The maximum atomic E-state index is 12.7. The van der Waals surface area contributed by atoms with Crippen LogP contribution in [0.3, 0.4) is 0 Å². The highest BCUT2D eigenvalue weighted by Crippen LogP contribution is 2.33. The van der Waals surface area contributed by atoms with Crippen LogP contribution in [0.1, 0.15) is 36.5 Å². The molecule has 0 aliphatic heterocycles. The number of halogens is 1. The topological polar surface area (TPSA) is 26.3 Å². The molecule has 0 spiro atoms. The lowest BCUT2D eigenvalue weighted by Gasteiger charge is -2.34. The Morgan fingerprint density at radius 3 is 2.59 bits per heavy atom. The zero-order chi connectivity index (χ0) is 12.3. The van der Waals surface area contributed by atoms with Gasteiger partial charge < -0.3 is 4.74 Å². The summed E-state index contributed by atoms with van der Waals surface area (Å²) in [6, 6.07) is 5.76. The Bertz CT molecular complexity index is 380. The Morgan fingerprint density at radius 1 is 1.35 bits per heavy atom. The Balaban J connectivity index is 1.81. The second-order valence-electron chi connectivity index (χ2n) is 4.55. The maximum absolute atomic E-state index is 12.7. The van der Waals surface area contributed by atoms with Gasteiger partial charge in [0.05, 0.1) is 6.10 Å². The molecule has 1 aromatic carbocycles. The Kier molecular flexibility index (Phi) is 3.89. The molecule has 0 radical (unpaired) electrons. The van der Waals surface area contributed by atoms with Gasteiger partial charge in [0.2, 0.25) is 0 Å². The Hall–Kier alpha value is -1.22. The van der Waals surface area contributed by atoms with E-state index in [0.29, 0.717) is 24.0 Å². The molecule has 3 heteroatoms. The third kappa shape index (κ3) is 3.13. The van der Waals surface area contributed by atoms with Gasteiger partial charge in [-0.1, -0.05) is 0 Å². The fourth-order valence-electron chi connectivity index (χ4n) is 2.23. The molecule has 1 saturated carbocycles. The van der Waals surface area contributed by atoms with Crippen LogP contribution in [-0.4, -0.2) is 18.5 Å². The van der Waals surface area contributed by atoms with Gasteiger partial charge in [-0.15, -0.1) is 0 Å². The van der Waals surface area contributed by atoms with E-state index in [4.69, 9.17) is 4.74 Å². The fourth-order valence-corrected chi connectivity index (χ4v) is 2.23. The van der Waals surface area contributed by atoms with Crippen LogP contribution in [0.2, 0.25) is 0 Å². The molecule has 2 rings (SSSR count). The summed E-state index contributed by atoms with van der Waals surface area (Å²) in [6.45, 7) is 2.72. The van der Waals surface area contributed by atoms with Crippen molar-refractivity contribution in [2.75, 3.05) is 6.61 Å². The summed E-state index contributed by atoms with van der Waals surface area (Å²) >= 11 is 0. The Morgan fingerprint density at radius 2 is 2.00 bits per heavy atom. The molecule has 0 amide bonds. The average molecular weight is 236 g/mol. The number of carbonyl (C=O) groups excluding carboxylic acids is 1. The van der Waals surface area contributed by atoms with Crippen molar-refractivity contribution in [1.29, 1.82) is 0 Å².